The molecule has 4 N–H and O–H groups in total. The van der Waals surface area contributed by atoms with Crippen LogP contribution in [0.4, 0.5) is 17.5 Å². The van der Waals surface area contributed by atoms with Crippen molar-refractivity contribution in [2.45, 2.75) is 6.61 Å². The second kappa shape index (κ2) is 8.27. The predicted molar refractivity (Wildman–Crippen MR) is 112 cm³/mol. The second-order valence-electron chi connectivity index (χ2n) is 7.02. The molecule has 1 aliphatic rings. The highest BCUT2D eigenvalue weighted by atomic mass is 16.5. The van der Waals surface area contributed by atoms with E-state index in [-0.39, 0.29) is 18.3 Å². The molecule has 0 atom stereocenters. The fourth-order valence-electron chi connectivity index (χ4n) is 3.12. The van der Waals surface area contributed by atoms with Gasteiger partial charge in [0, 0.05) is 44.1 Å². The molecule has 3 aromatic rings. The van der Waals surface area contributed by atoms with Crippen LogP contribution >= 0.6 is 0 Å². The maximum atomic E-state index is 5.93. The summed E-state index contributed by atoms with van der Waals surface area (Å²) in [5.74, 6) is 1.92. The number of hydrogen-bond donors (Lipinski definition) is 2. The Balaban J connectivity index is 1.48. The molecule has 0 aromatic carbocycles. The van der Waals surface area contributed by atoms with E-state index in [2.05, 4.69) is 36.8 Å². The van der Waals surface area contributed by atoms with Gasteiger partial charge in [0.1, 0.15) is 18.2 Å². The molecule has 9 heteroatoms. The van der Waals surface area contributed by atoms with E-state index in [1.165, 1.54) is 0 Å². The number of likely N-dealkylation sites (N-methyl/N-ethyl adjacent to an activating group) is 1. The lowest BCUT2D eigenvalue weighted by molar-refractivity contribution is 0.295. The average molecular weight is 392 g/mol. The molecule has 9 nitrogen and oxygen atoms in total. The maximum Gasteiger partial charge on any atom is 0.258 e. The van der Waals surface area contributed by atoms with E-state index >= 15 is 0 Å². The van der Waals surface area contributed by atoms with Crippen molar-refractivity contribution in [2.24, 2.45) is 0 Å². The third-order valence-corrected chi connectivity index (χ3v) is 4.86. The van der Waals surface area contributed by atoms with Crippen molar-refractivity contribution in [1.29, 1.82) is 0 Å². The molecule has 1 aliphatic heterocycles. The minimum atomic E-state index is 0.234. The molecule has 0 aliphatic carbocycles. The van der Waals surface area contributed by atoms with Gasteiger partial charge in [0.15, 0.2) is 5.82 Å². The molecule has 4 rings (SSSR count). The Labute approximate surface area is 169 Å². The Morgan fingerprint density at radius 2 is 1.83 bits per heavy atom. The summed E-state index contributed by atoms with van der Waals surface area (Å²) in [6.07, 6.45) is 5.06. The highest BCUT2D eigenvalue weighted by Gasteiger charge is 2.15. The smallest absolute Gasteiger partial charge is 0.258 e. The Hall–Kier alpha value is -3.46. The van der Waals surface area contributed by atoms with Crippen LogP contribution in [0.1, 0.15) is 5.56 Å². The van der Waals surface area contributed by atoms with E-state index < -0.39 is 0 Å². The summed E-state index contributed by atoms with van der Waals surface area (Å²) in [5, 5.41) is 0. The highest BCUT2D eigenvalue weighted by Crippen LogP contribution is 2.24. The van der Waals surface area contributed by atoms with Crippen molar-refractivity contribution >= 4 is 17.5 Å². The first-order valence-electron chi connectivity index (χ1n) is 9.44. The quantitative estimate of drug-likeness (QED) is 0.664. The maximum absolute atomic E-state index is 5.93. The molecule has 0 amide bonds. The molecule has 0 saturated carbocycles. The highest BCUT2D eigenvalue weighted by molar-refractivity contribution is 5.61. The molecule has 29 heavy (non-hydrogen) atoms. The van der Waals surface area contributed by atoms with Gasteiger partial charge in [0.05, 0.1) is 11.9 Å². The van der Waals surface area contributed by atoms with E-state index in [4.69, 9.17) is 16.2 Å². The van der Waals surface area contributed by atoms with E-state index in [1.807, 2.05) is 18.2 Å². The fraction of sp³-hybridized carbons (Fsp3) is 0.300. The number of aromatic nitrogens is 4. The number of rotatable bonds is 5. The molecular weight excluding hydrogens is 368 g/mol. The first kappa shape index (κ1) is 18.9. The number of nitrogen functional groups attached to an aromatic ring is 2. The zero-order chi connectivity index (χ0) is 20.2. The Morgan fingerprint density at radius 1 is 1.00 bits per heavy atom. The normalized spacial score (nSPS) is 14.7. The number of hydrogen-bond acceptors (Lipinski definition) is 9. The Bertz CT molecular complexity index is 970. The second-order valence-corrected chi connectivity index (χ2v) is 7.02. The average Bonchev–Trinajstić information content (AvgIpc) is 2.74. The van der Waals surface area contributed by atoms with Crippen LogP contribution in [0.2, 0.25) is 0 Å². The first-order chi connectivity index (χ1) is 14.1. The lowest BCUT2D eigenvalue weighted by Crippen LogP contribution is -2.44. The van der Waals surface area contributed by atoms with Gasteiger partial charge in [-0.1, -0.05) is 0 Å². The summed E-state index contributed by atoms with van der Waals surface area (Å²) in [5.41, 5.74) is 14.0. The third kappa shape index (κ3) is 4.52. The minimum absolute atomic E-state index is 0.234. The van der Waals surface area contributed by atoms with E-state index in [9.17, 15) is 0 Å². The fourth-order valence-corrected chi connectivity index (χ4v) is 3.12. The summed E-state index contributed by atoms with van der Waals surface area (Å²) >= 11 is 0. The first-order valence-corrected chi connectivity index (χ1v) is 9.44. The predicted octanol–water partition coefficient (Wildman–Crippen LogP) is 1.43. The van der Waals surface area contributed by atoms with Crippen LogP contribution in [-0.4, -0.2) is 58.1 Å². The van der Waals surface area contributed by atoms with Crippen molar-refractivity contribution in [3.05, 3.63) is 48.4 Å². The van der Waals surface area contributed by atoms with Gasteiger partial charge in [-0.05, 0) is 36.9 Å². The lowest BCUT2D eigenvalue weighted by atomic mass is 10.2. The molecule has 0 bridgehead atoms. The topological polar surface area (TPSA) is 119 Å². The number of nitrogens with zero attached hydrogens (tertiary/aromatic N) is 6. The molecule has 0 unspecified atom stereocenters. The van der Waals surface area contributed by atoms with Gasteiger partial charge in [0.2, 0.25) is 0 Å². The Kier molecular flexibility index (Phi) is 5.39. The van der Waals surface area contributed by atoms with Crippen LogP contribution in [-0.2, 0) is 6.61 Å². The Morgan fingerprint density at radius 3 is 2.55 bits per heavy atom. The lowest BCUT2D eigenvalue weighted by Gasteiger charge is -2.33. The molecular formula is C20H24N8O. The summed E-state index contributed by atoms with van der Waals surface area (Å²) in [6, 6.07) is 7.58. The molecule has 1 fully saturated rings. The van der Waals surface area contributed by atoms with Gasteiger partial charge in [0.25, 0.3) is 5.88 Å². The van der Waals surface area contributed by atoms with Crippen LogP contribution in [0, 0.1) is 0 Å². The summed E-state index contributed by atoms with van der Waals surface area (Å²) in [6.45, 7) is 4.30. The van der Waals surface area contributed by atoms with Crippen LogP contribution in [0.25, 0.3) is 11.3 Å². The number of anilines is 3. The molecule has 3 aromatic heterocycles. The van der Waals surface area contributed by atoms with Gasteiger partial charge >= 0.3 is 0 Å². The SMILES string of the molecule is CN1CCN(c2ccc(-c3cnc(N)c(OCc4ccnc(N)c4)n3)cn2)CC1. The van der Waals surface area contributed by atoms with Gasteiger partial charge in [-0.3, -0.25) is 0 Å². The summed E-state index contributed by atoms with van der Waals surface area (Å²) in [7, 11) is 2.14. The van der Waals surface area contributed by atoms with Crippen molar-refractivity contribution in [3.8, 4) is 17.1 Å². The minimum Gasteiger partial charge on any atom is -0.470 e. The number of piperazine rings is 1. The summed E-state index contributed by atoms with van der Waals surface area (Å²) in [4.78, 5) is 21.9. The van der Waals surface area contributed by atoms with Gasteiger partial charge < -0.3 is 26.0 Å². The van der Waals surface area contributed by atoms with Crippen LogP contribution in [0.5, 0.6) is 5.88 Å². The van der Waals surface area contributed by atoms with Crippen LogP contribution in [0.3, 0.4) is 0 Å². The van der Waals surface area contributed by atoms with E-state index in [0.717, 1.165) is 43.1 Å². The van der Waals surface area contributed by atoms with E-state index in [1.54, 1.807) is 24.7 Å². The van der Waals surface area contributed by atoms with Crippen molar-refractivity contribution in [1.82, 2.24) is 24.8 Å². The standard InChI is InChI=1S/C20H24N8O/c1-27-6-8-28(9-7-27)18-3-2-15(11-24-18)16-12-25-19(22)20(26-16)29-13-14-4-5-23-17(21)10-14/h2-5,10-12H,6-9,13H2,1H3,(H2,21,23)(H2,22,25). The zero-order valence-electron chi connectivity index (χ0n) is 16.3. The molecule has 0 spiro atoms. The molecule has 150 valence electrons. The van der Waals surface area contributed by atoms with E-state index in [0.29, 0.717) is 11.5 Å². The van der Waals surface area contributed by atoms with Gasteiger partial charge in [-0.15, -0.1) is 0 Å². The monoisotopic (exact) mass is 392 g/mol. The largest absolute Gasteiger partial charge is 0.470 e. The van der Waals surface area contributed by atoms with Crippen molar-refractivity contribution in [3.63, 3.8) is 0 Å². The van der Waals surface area contributed by atoms with Crippen molar-refractivity contribution < 1.29 is 4.74 Å². The van der Waals surface area contributed by atoms with Gasteiger partial charge in [-0.2, -0.15) is 0 Å². The number of pyridine rings is 2. The zero-order valence-corrected chi connectivity index (χ0v) is 16.3. The summed E-state index contributed by atoms with van der Waals surface area (Å²) < 4.78 is 5.75. The molecule has 1 saturated heterocycles. The van der Waals surface area contributed by atoms with Gasteiger partial charge in [-0.25, -0.2) is 19.9 Å². The third-order valence-electron chi connectivity index (χ3n) is 4.86. The molecule has 4 heterocycles. The molecule has 0 radical (unpaired) electrons. The number of ether oxygens (including phenoxy) is 1. The number of nitrogens with two attached hydrogens (primary N) is 2. The van der Waals surface area contributed by atoms with Crippen molar-refractivity contribution in [2.75, 3.05) is 49.6 Å². The van der Waals surface area contributed by atoms with Crippen LogP contribution < -0.4 is 21.1 Å². The van der Waals surface area contributed by atoms with Crippen LogP contribution in [0.15, 0.2) is 42.9 Å².